The first-order valence-electron chi connectivity index (χ1n) is 4.06. The van der Waals surface area contributed by atoms with Gasteiger partial charge in [0.25, 0.3) is 0 Å². The second-order valence-corrected chi connectivity index (χ2v) is 4.28. The van der Waals surface area contributed by atoms with Crippen LogP contribution in [0.4, 0.5) is 0 Å². The Kier molecular flexibility index (Phi) is 4.07. The van der Waals surface area contributed by atoms with Gasteiger partial charge in [0.05, 0.1) is 11.6 Å². The third kappa shape index (κ3) is 2.01. The van der Waals surface area contributed by atoms with Crippen molar-refractivity contribution in [3.05, 3.63) is 27.2 Å². The molecule has 0 aromatic heterocycles. The van der Waals surface area contributed by atoms with E-state index in [4.69, 9.17) is 22.1 Å². The predicted octanol–water partition coefficient (Wildman–Crippen LogP) is 3.31. The molecule has 2 rings (SSSR count). The topological polar surface area (TPSA) is 35.2 Å². The van der Waals surface area contributed by atoms with Crippen molar-refractivity contribution in [1.29, 1.82) is 0 Å². The predicted molar refractivity (Wildman–Crippen MR) is 63.4 cm³/mol. The van der Waals surface area contributed by atoms with Crippen LogP contribution < -0.4 is 10.5 Å². The van der Waals surface area contributed by atoms with Gasteiger partial charge in [-0.2, -0.15) is 0 Å². The minimum atomic E-state index is 0. The van der Waals surface area contributed by atoms with Crippen molar-refractivity contribution in [1.82, 2.24) is 0 Å². The van der Waals surface area contributed by atoms with Gasteiger partial charge in [-0.05, 0) is 12.1 Å². The van der Waals surface area contributed by atoms with Gasteiger partial charge in [-0.1, -0.05) is 27.5 Å². The zero-order valence-electron chi connectivity index (χ0n) is 7.30. The van der Waals surface area contributed by atoms with E-state index in [0.29, 0.717) is 11.6 Å². The summed E-state index contributed by atoms with van der Waals surface area (Å²) in [6, 6.07) is 3.73. The molecule has 0 spiro atoms. The van der Waals surface area contributed by atoms with Crippen molar-refractivity contribution in [2.75, 3.05) is 6.61 Å². The van der Waals surface area contributed by atoms with Gasteiger partial charge in [0.1, 0.15) is 5.75 Å². The number of fused-ring (bicyclic) bond motifs is 1. The van der Waals surface area contributed by atoms with Crippen LogP contribution in [-0.4, -0.2) is 6.61 Å². The van der Waals surface area contributed by atoms with E-state index in [0.717, 1.165) is 22.2 Å². The zero-order chi connectivity index (χ0) is 9.42. The van der Waals surface area contributed by atoms with Crippen LogP contribution in [-0.2, 0) is 0 Å². The summed E-state index contributed by atoms with van der Waals surface area (Å²) in [6.45, 7) is 0.643. The molecule has 0 saturated carbocycles. The van der Waals surface area contributed by atoms with E-state index in [1.807, 2.05) is 12.1 Å². The van der Waals surface area contributed by atoms with E-state index in [1.54, 1.807) is 0 Å². The Morgan fingerprint density at radius 3 is 2.86 bits per heavy atom. The summed E-state index contributed by atoms with van der Waals surface area (Å²) in [6.07, 6.45) is 0.839. The Labute approximate surface area is 102 Å². The number of hydrogen-bond acceptors (Lipinski definition) is 2. The lowest BCUT2D eigenvalue weighted by Crippen LogP contribution is -2.21. The van der Waals surface area contributed by atoms with Crippen LogP contribution in [0.2, 0.25) is 5.02 Å². The summed E-state index contributed by atoms with van der Waals surface area (Å²) in [5.41, 5.74) is 6.93. The number of rotatable bonds is 0. The molecule has 0 saturated heterocycles. The molecule has 1 aliphatic heterocycles. The molecular weight excluding hydrogens is 289 g/mol. The maximum absolute atomic E-state index is 5.98. The fourth-order valence-electron chi connectivity index (χ4n) is 1.47. The molecule has 2 N–H and O–H groups in total. The Morgan fingerprint density at radius 2 is 2.21 bits per heavy atom. The molecule has 0 fully saturated rings. The lowest BCUT2D eigenvalue weighted by Gasteiger charge is -2.24. The fraction of sp³-hybridized carbons (Fsp3) is 0.333. The van der Waals surface area contributed by atoms with E-state index in [2.05, 4.69) is 15.9 Å². The first-order chi connectivity index (χ1) is 6.20. The van der Waals surface area contributed by atoms with Crippen molar-refractivity contribution < 1.29 is 4.74 Å². The Bertz CT molecular complexity index is 346. The molecule has 78 valence electrons. The van der Waals surface area contributed by atoms with Gasteiger partial charge in [0.2, 0.25) is 0 Å². The smallest absolute Gasteiger partial charge is 0.143 e. The molecule has 5 heteroatoms. The van der Waals surface area contributed by atoms with Crippen molar-refractivity contribution in [2.45, 2.75) is 12.5 Å². The number of halogens is 3. The maximum atomic E-state index is 5.98. The van der Waals surface area contributed by atoms with Crippen LogP contribution in [0.5, 0.6) is 5.75 Å². The molecule has 1 aromatic carbocycles. The van der Waals surface area contributed by atoms with Crippen LogP contribution in [0.15, 0.2) is 16.6 Å². The summed E-state index contributed by atoms with van der Waals surface area (Å²) in [5, 5.41) is 0.633. The van der Waals surface area contributed by atoms with Crippen molar-refractivity contribution >= 4 is 39.9 Å². The van der Waals surface area contributed by atoms with E-state index in [1.165, 1.54) is 0 Å². The molecule has 0 radical (unpaired) electrons. The number of nitrogens with two attached hydrogens (primary N) is 1. The van der Waals surface area contributed by atoms with E-state index in [9.17, 15) is 0 Å². The second kappa shape index (κ2) is 4.71. The number of ether oxygens (including phenoxy) is 1. The highest BCUT2D eigenvalue weighted by Crippen LogP contribution is 2.40. The van der Waals surface area contributed by atoms with Gasteiger partial charge in [0, 0.05) is 22.5 Å². The Morgan fingerprint density at radius 1 is 1.50 bits per heavy atom. The summed E-state index contributed by atoms with van der Waals surface area (Å²) < 4.78 is 6.43. The van der Waals surface area contributed by atoms with Crippen LogP contribution in [0, 0.1) is 0 Å². The van der Waals surface area contributed by atoms with Gasteiger partial charge < -0.3 is 10.5 Å². The highest BCUT2D eigenvalue weighted by Gasteiger charge is 2.22. The molecule has 0 unspecified atom stereocenters. The lowest BCUT2D eigenvalue weighted by atomic mass is 10.0. The monoisotopic (exact) mass is 297 g/mol. The average Bonchev–Trinajstić information content (AvgIpc) is 2.12. The summed E-state index contributed by atoms with van der Waals surface area (Å²) in [5.74, 6) is 0.731. The third-order valence-electron chi connectivity index (χ3n) is 2.14. The molecule has 2 nitrogen and oxygen atoms in total. The highest BCUT2D eigenvalue weighted by molar-refractivity contribution is 9.10. The molecule has 1 heterocycles. The molecule has 0 amide bonds. The van der Waals surface area contributed by atoms with Crippen LogP contribution in [0.25, 0.3) is 0 Å². The minimum Gasteiger partial charge on any atom is -0.492 e. The average molecular weight is 299 g/mol. The van der Waals surface area contributed by atoms with Gasteiger partial charge in [0.15, 0.2) is 0 Å². The lowest BCUT2D eigenvalue weighted by molar-refractivity contribution is 0.268. The van der Waals surface area contributed by atoms with Crippen LogP contribution in [0.3, 0.4) is 0 Å². The van der Waals surface area contributed by atoms with E-state index < -0.39 is 0 Å². The summed E-state index contributed by atoms with van der Waals surface area (Å²) in [4.78, 5) is 0. The first-order valence-corrected chi connectivity index (χ1v) is 5.23. The molecule has 14 heavy (non-hydrogen) atoms. The van der Waals surface area contributed by atoms with Crippen molar-refractivity contribution in [3.8, 4) is 5.75 Å². The van der Waals surface area contributed by atoms with Crippen molar-refractivity contribution in [2.24, 2.45) is 5.73 Å². The second-order valence-electron chi connectivity index (χ2n) is 3.02. The third-order valence-corrected chi connectivity index (χ3v) is 3.13. The molecule has 1 aliphatic rings. The van der Waals surface area contributed by atoms with Crippen molar-refractivity contribution in [3.63, 3.8) is 0 Å². The zero-order valence-corrected chi connectivity index (χ0v) is 10.5. The van der Waals surface area contributed by atoms with Gasteiger partial charge in [-0.25, -0.2) is 0 Å². The van der Waals surface area contributed by atoms with Crippen LogP contribution >= 0.6 is 39.9 Å². The SMILES string of the molecule is Cl.N[C@@H]1CCOc2c(Cl)ccc(Br)c21. The number of hydrogen-bond donors (Lipinski definition) is 1. The maximum Gasteiger partial charge on any atom is 0.143 e. The molecule has 1 atom stereocenters. The van der Waals surface area contributed by atoms with E-state index >= 15 is 0 Å². The largest absolute Gasteiger partial charge is 0.492 e. The fourth-order valence-corrected chi connectivity index (χ4v) is 2.30. The molecular formula is C9H10BrCl2NO. The van der Waals surface area contributed by atoms with Gasteiger partial charge in [-0.15, -0.1) is 12.4 Å². The Balaban J connectivity index is 0.000000980. The standard InChI is InChI=1S/C9H9BrClNO.ClH/c10-5-1-2-6(11)9-8(5)7(12)3-4-13-9;/h1-2,7H,3-4,12H2;1H/t7-;/m1./s1. The molecule has 0 bridgehead atoms. The van der Waals surface area contributed by atoms with E-state index in [-0.39, 0.29) is 18.4 Å². The highest BCUT2D eigenvalue weighted by atomic mass is 79.9. The summed E-state index contributed by atoms with van der Waals surface area (Å²) in [7, 11) is 0. The first kappa shape index (κ1) is 12.1. The normalized spacial score (nSPS) is 19.2. The van der Waals surface area contributed by atoms with Gasteiger partial charge in [-0.3, -0.25) is 0 Å². The molecule has 1 aromatic rings. The van der Waals surface area contributed by atoms with Crippen LogP contribution in [0.1, 0.15) is 18.0 Å². The molecule has 0 aliphatic carbocycles. The quantitative estimate of drug-likeness (QED) is 0.797. The minimum absolute atomic E-state index is 0. The van der Waals surface area contributed by atoms with Gasteiger partial charge >= 0.3 is 0 Å². The summed E-state index contributed by atoms with van der Waals surface area (Å²) >= 11 is 9.42. The number of benzene rings is 1. The Hall–Kier alpha value is 0.0400.